The fourth-order valence-corrected chi connectivity index (χ4v) is 4.07. The van der Waals surface area contributed by atoms with Crippen molar-refractivity contribution in [3.63, 3.8) is 0 Å². The van der Waals surface area contributed by atoms with Crippen molar-refractivity contribution in [1.82, 2.24) is 24.7 Å². The highest BCUT2D eigenvalue weighted by atomic mass is 79.9. The van der Waals surface area contributed by atoms with E-state index in [1.807, 2.05) is 41.8 Å². The van der Waals surface area contributed by atoms with Gasteiger partial charge in [0.1, 0.15) is 11.5 Å². The van der Waals surface area contributed by atoms with Crippen LogP contribution < -0.4 is 5.32 Å². The van der Waals surface area contributed by atoms with Crippen LogP contribution in [0, 0.1) is 6.92 Å². The van der Waals surface area contributed by atoms with E-state index in [-0.39, 0.29) is 11.7 Å². The topological polar surface area (TPSA) is 98.7 Å². The minimum Gasteiger partial charge on any atom is -0.467 e. The second-order valence-corrected chi connectivity index (χ2v) is 8.18. The van der Waals surface area contributed by atoms with Gasteiger partial charge >= 0.3 is 0 Å². The van der Waals surface area contributed by atoms with Crippen molar-refractivity contribution in [2.24, 2.45) is 0 Å². The fourth-order valence-electron chi connectivity index (χ4n) is 2.74. The number of halogens is 1. The molecule has 10 heteroatoms. The Morgan fingerprint density at radius 3 is 2.90 bits per heavy atom. The Morgan fingerprint density at radius 2 is 2.17 bits per heavy atom. The number of hydrogen-bond acceptors (Lipinski definition) is 7. The number of carbonyl (C=O) groups is 1. The summed E-state index contributed by atoms with van der Waals surface area (Å²) in [5, 5.41) is 12.0. The summed E-state index contributed by atoms with van der Waals surface area (Å²) in [5.41, 5.74) is 2.43. The van der Waals surface area contributed by atoms with E-state index in [1.54, 1.807) is 24.9 Å². The lowest BCUT2D eigenvalue weighted by Gasteiger charge is -2.09. The van der Waals surface area contributed by atoms with Crippen LogP contribution in [-0.4, -0.2) is 36.4 Å². The quantitative estimate of drug-likeness (QED) is 0.392. The van der Waals surface area contributed by atoms with Crippen LogP contribution >= 0.6 is 27.7 Å². The molecule has 30 heavy (non-hydrogen) atoms. The Morgan fingerprint density at radius 1 is 1.27 bits per heavy atom. The molecule has 0 radical (unpaired) electrons. The molecule has 4 rings (SSSR count). The summed E-state index contributed by atoms with van der Waals surface area (Å²) >= 11 is 4.77. The number of nitrogens with one attached hydrogen (secondary N) is 1. The number of thioether (sulfide) groups is 1. The molecule has 0 saturated heterocycles. The zero-order chi connectivity index (χ0) is 20.9. The number of amides is 1. The smallest absolute Gasteiger partial charge is 0.234 e. The molecular weight excluding hydrogens is 468 g/mol. The molecule has 0 atom stereocenters. The predicted octanol–water partition coefficient (Wildman–Crippen LogP) is 4.18. The SMILES string of the molecule is Cc1ccc(NC(=O)CSc2nnc(-c3cnccn3)n2Cc2ccco2)c(Br)c1. The van der Waals surface area contributed by atoms with Crippen molar-refractivity contribution in [2.75, 3.05) is 11.1 Å². The zero-order valence-electron chi connectivity index (χ0n) is 15.9. The number of hydrogen-bond donors (Lipinski definition) is 1. The highest BCUT2D eigenvalue weighted by Gasteiger charge is 2.18. The third-order valence-corrected chi connectivity index (χ3v) is 5.76. The van der Waals surface area contributed by atoms with Crippen LogP contribution in [0.2, 0.25) is 0 Å². The van der Waals surface area contributed by atoms with E-state index in [0.29, 0.717) is 23.2 Å². The highest BCUT2D eigenvalue weighted by molar-refractivity contribution is 9.10. The van der Waals surface area contributed by atoms with Gasteiger partial charge in [-0.1, -0.05) is 17.8 Å². The maximum Gasteiger partial charge on any atom is 0.234 e. The molecule has 152 valence electrons. The van der Waals surface area contributed by atoms with Crippen LogP contribution in [0.1, 0.15) is 11.3 Å². The van der Waals surface area contributed by atoms with Crippen molar-refractivity contribution in [2.45, 2.75) is 18.6 Å². The van der Waals surface area contributed by atoms with E-state index < -0.39 is 0 Å². The fraction of sp³-hybridized carbons (Fsp3) is 0.150. The maximum atomic E-state index is 12.5. The van der Waals surface area contributed by atoms with E-state index in [9.17, 15) is 4.79 Å². The summed E-state index contributed by atoms with van der Waals surface area (Å²) in [6, 6.07) is 9.46. The largest absolute Gasteiger partial charge is 0.467 e. The van der Waals surface area contributed by atoms with Crippen molar-refractivity contribution < 1.29 is 9.21 Å². The van der Waals surface area contributed by atoms with Crippen LogP contribution in [0.25, 0.3) is 11.5 Å². The molecule has 0 aliphatic rings. The van der Waals surface area contributed by atoms with Gasteiger partial charge in [-0.15, -0.1) is 10.2 Å². The number of aromatic nitrogens is 5. The molecule has 0 aliphatic heterocycles. The van der Waals surface area contributed by atoms with Crippen LogP contribution in [0.4, 0.5) is 5.69 Å². The molecule has 1 N–H and O–H groups in total. The first-order valence-electron chi connectivity index (χ1n) is 9.01. The molecule has 4 aromatic rings. The van der Waals surface area contributed by atoms with Crippen molar-refractivity contribution >= 4 is 39.3 Å². The Hall–Kier alpha value is -2.98. The van der Waals surface area contributed by atoms with Crippen LogP contribution in [0.15, 0.2) is 69.2 Å². The standard InChI is InChI=1S/C20H17BrN6O2S/c1-13-4-5-16(15(21)9-13)24-18(28)12-30-20-26-25-19(17-10-22-6-7-23-17)27(20)11-14-3-2-8-29-14/h2-10H,11-12H2,1H3,(H,24,28). The molecule has 0 unspecified atom stereocenters. The number of carbonyl (C=O) groups excluding carboxylic acids is 1. The van der Waals surface area contributed by atoms with Gasteiger partial charge in [-0.3, -0.25) is 14.3 Å². The van der Waals surface area contributed by atoms with Gasteiger partial charge in [0, 0.05) is 16.9 Å². The van der Waals surface area contributed by atoms with E-state index in [1.165, 1.54) is 11.8 Å². The Bertz CT molecular complexity index is 1150. The van der Waals surface area contributed by atoms with E-state index in [4.69, 9.17) is 4.42 Å². The molecule has 8 nitrogen and oxygen atoms in total. The van der Waals surface area contributed by atoms with E-state index in [0.717, 1.165) is 21.5 Å². The number of anilines is 1. The number of nitrogens with zero attached hydrogens (tertiary/aromatic N) is 5. The van der Waals surface area contributed by atoms with Gasteiger partial charge in [0.25, 0.3) is 0 Å². The summed E-state index contributed by atoms with van der Waals surface area (Å²) in [6.45, 7) is 2.41. The first kappa shape index (κ1) is 20.3. The molecule has 1 aromatic carbocycles. The molecule has 0 aliphatic carbocycles. The molecular formula is C20H17BrN6O2S. The minimum absolute atomic E-state index is 0.141. The second-order valence-electron chi connectivity index (χ2n) is 6.38. The van der Waals surface area contributed by atoms with Gasteiger partial charge in [-0.05, 0) is 52.7 Å². The van der Waals surface area contributed by atoms with Crippen molar-refractivity contribution in [1.29, 1.82) is 0 Å². The van der Waals surface area contributed by atoms with Crippen LogP contribution in [-0.2, 0) is 11.3 Å². The minimum atomic E-state index is -0.141. The first-order chi connectivity index (χ1) is 14.6. The first-order valence-corrected chi connectivity index (χ1v) is 10.8. The molecule has 3 aromatic heterocycles. The lowest BCUT2D eigenvalue weighted by molar-refractivity contribution is -0.113. The number of rotatable bonds is 7. The third kappa shape index (κ3) is 4.77. The second kappa shape index (κ2) is 9.23. The Labute approximate surface area is 185 Å². The van der Waals surface area contributed by atoms with Gasteiger partial charge in [0.05, 0.1) is 30.4 Å². The van der Waals surface area contributed by atoms with E-state index in [2.05, 4.69) is 41.4 Å². The maximum absolute atomic E-state index is 12.5. The molecule has 0 fully saturated rings. The lowest BCUT2D eigenvalue weighted by Crippen LogP contribution is -2.15. The summed E-state index contributed by atoms with van der Waals surface area (Å²) in [6.07, 6.45) is 6.43. The monoisotopic (exact) mass is 484 g/mol. The lowest BCUT2D eigenvalue weighted by atomic mass is 10.2. The summed E-state index contributed by atoms with van der Waals surface area (Å²) in [5.74, 6) is 1.34. The van der Waals surface area contributed by atoms with Crippen LogP contribution in [0.5, 0.6) is 0 Å². The Balaban J connectivity index is 1.52. The zero-order valence-corrected chi connectivity index (χ0v) is 18.4. The van der Waals surface area contributed by atoms with Crippen molar-refractivity contribution in [3.05, 3.63) is 71.0 Å². The van der Waals surface area contributed by atoms with Gasteiger partial charge in [0.15, 0.2) is 11.0 Å². The summed E-state index contributed by atoms with van der Waals surface area (Å²) < 4.78 is 8.18. The van der Waals surface area contributed by atoms with E-state index >= 15 is 0 Å². The number of furan rings is 1. The normalized spacial score (nSPS) is 10.9. The summed E-state index contributed by atoms with van der Waals surface area (Å²) in [4.78, 5) is 20.9. The molecule has 0 saturated carbocycles. The molecule has 0 spiro atoms. The van der Waals surface area contributed by atoms with Gasteiger partial charge in [0.2, 0.25) is 5.91 Å². The number of benzene rings is 1. The molecule has 3 heterocycles. The predicted molar refractivity (Wildman–Crippen MR) is 117 cm³/mol. The Kier molecular flexibility index (Phi) is 6.24. The van der Waals surface area contributed by atoms with Crippen LogP contribution in [0.3, 0.4) is 0 Å². The van der Waals surface area contributed by atoms with Gasteiger partial charge < -0.3 is 9.73 Å². The van der Waals surface area contributed by atoms with Gasteiger partial charge in [-0.25, -0.2) is 4.98 Å². The highest BCUT2D eigenvalue weighted by Crippen LogP contribution is 2.26. The molecule has 1 amide bonds. The number of aryl methyl sites for hydroxylation is 1. The third-order valence-electron chi connectivity index (χ3n) is 4.13. The molecule has 0 bridgehead atoms. The van der Waals surface area contributed by atoms with Gasteiger partial charge in [-0.2, -0.15) is 0 Å². The average molecular weight is 485 g/mol. The van der Waals surface area contributed by atoms with Crippen molar-refractivity contribution in [3.8, 4) is 11.5 Å². The average Bonchev–Trinajstić information content (AvgIpc) is 3.40. The summed E-state index contributed by atoms with van der Waals surface area (Å²) in [7, 11) is 0.